The largest absolute Gasteiger partial charge is 0.284 e. The van der Waals surface area contributed by atoms with Crippen LogP contribution in [0.4, 0.5) is 5.13 Å². The van der Waals surface area contributed by atoms with Crippen LogP contribution in [0.2, 0.25) is 10.0 Å². The van der Waals surface area contributed by atoms with Crippen molar-refractivity contribution in [3.63, 3.8) is 0 Å². The number of benzene rings is 1. The first-order valence-corrected chi connectivity index (χ1v) is 11.7. The number of nitrogens with zero attached hydrogens (tertiary/aromatic N) is 4. The van der Waals surface area contributed by atoms with E-state index >= 15 is 0 Å². The van der Waals surface area contributed by atoms with E-state index in [1.54, 1.807) is 35.5 Å². The van der Waals surface area contributed by atoms with Gasteiger partial charge in [-0.1, -0.05) is 35.3 Å². The van der Waals surface area contributed by atoms with E-state index in [2.05, 4.69) is 21.5 Å². The van der Waals surface area contributed by atoms with Gasteiger partial charge < -0.3 is 0 Å². The zero-order chi connectivity index (χ0) is 21.8. The van der Waals surface area contributed by atoms with Crippen LogP contribution in [0.25, 0.3) is 21.8 Å². The molecule has 1 amide bonds. The van der Waals surface area contributed by atoms with Crippen molar-refractivity contribution >= 4 is 56.9 Å². The summed E-state index contributed by atoms with van der Waals surface area (Å²) in [6, 6.07) is 9.15. The highest BCUT2D eigenvalue weighted by molar-refractivity contribution is 7.14. The average Bonchev–Trinajstić information content (AvgIpc) is 3.44. The summed E-state index contributed by atoms with van der Waals surface area (Å²) in [5, 5.41) is 6.16. The molecule has 0 bridgehead atoms. The third kappa shape index (κ3) is 5.02. The van der Waals surface area contributed by atoms with Crippen LogP contribution in [0.5, 0.6) is 0 Å². The number of thiazole rings is 2. The van der Waals surface area contributed by atoms with Gasteiger partial charge in [0.1, 0.15) is 5.01 Å². The molecule has 0 fully saturated rings. The summed E-state index contributed by atoms with van der Waals surface area (Å²) in [6.45, 7) is 4.13. The number of hydrogen-bond donors (Lipinski definition) is 0. The maximum atomic E-state index is 13.1. The molecule has 0 N–H and O–H groups in total. The molecule has 3 heterocycles. The molecular formula is C22H16Cl2N4OS2. The summed E-state index contributed by atoms with van der Waals surface area (Å²) in [5.74, 6) is -0.0991. The molecule has 0 saturated heterocycles. The molecule has 1 aromatic carbocycles. The number of amides is 1. The number of hydrogen-bond acceptors (Lipinski definition) is 6. The third-order valence-electron chi connectivity index (χ3n) is 4.34. The number of carbonyl (C=O) groups is 1. The van der Waals surface area contributed by atoms with Crippen molar-refractivity contribution in [1.82, 2.24) is 15.0 Å². The Morgan fingerprint density at radius 2 is 1.97 bits per heavy atom. The van der Waals surface area contributed by atoms with Crippen LogP contribution >= 0.6 is 45.9 Å². The van der Waals surface area contributed by atoms with E-state index in [0.29, 0.717) is 27.4 Å². The minimum absolute atomic E-state index is 0.0991. The number of pyridine rings is 1. The fourth-order valence-corrected chi connectivity index (χ4v) is 4.82. The lowest BCUT2D eigenvalue weighted by atomic mass is 10.2. The van der Waals surface area contributed by atoms with Crippen molar-refractivity contribution < 1.29 is 4.79 Å². The minimum atomic E-state index is -0.0991. The summed E-state index contributed by atoms with van der Waals surface area (Å²) in [5.41, 5.74) is 3.21. The first-order valence-electron chi connectivity index (χ1n) is 9.22. The fraction of sp³-hybridized carbons (Fsp3) is 0.0909. The maximum Gasteiger partial charge on any atom is 0.235 e. The minimum Gasteiger partial charge on any atom is -0.284 e. The molecule has 0 radical (unpaired) electrons. The number of rotatable bonds is 7. The standard InChI is InChI=1S/C22H16Cl2N4OS2/c1-2-8-28(22-27-19(13-31-22)14-5-6-17(23)18(24)9-14)20(29)10-16-12-30-21(26-16)15-4-3-7-25-11-15/h2-7,9,11-13H,1,8,10H2. The van der Waals surface area contributed by atoms with Crippen LogP contribution in [-0.2, 0) is 11.2 Å². The number of aromatic nitrogens is 3. The molecule has 0 aliphatic carbocycles. The molecule has 0 saturated carbocycles. The van der Waals surface area contributed by atoms with Gasteiger partial charge in [0.25, 0.3) is 0 Å². The Balaban J connectivity index is 1.53. The molecule has 0 aliphatic heterocycles. The first-order chi connectivity index (χ1) is 15.0. The van der Waals surface area contributed by atoms with E-state index in [4.69, 9.17) is 23.2 Å². The zero-order valence-electron chi connectivity index (χ0n) is 16.2. The summed E-state index contributed by atoms with van der Waals surface area (Å²) in [7, 11) is 0. The lowest BCUT2D eigenvalue weighted by Crippen LogP contribution is -2.32. The summed E-state index contributed by atoms with van der Waals surface area (Å²) in [4.78, 5) is 28.0. The highest BCUT2D eigenvalue weighted by Gasteiger charge is 2.20. The normalized spacial score (nSPS) is 10.8. The van der Waals surface area contributed by atoms with Crippen LogP contribution in [0, 0.1) is 0 Å². The quantitative estimate of drug-likeness (QED) is 0.283. The van der Waals surface area contributed by atoms with Gasteiger partial charge in [0.05, 0.1) is 27.9 Å². The van der Waals surface area contributed by atoms with Crippen LogP contribution < -0.4 is 4.90 Å². The summed E-state index contributed by atoms with van der Waals surface area (Å²) in [6.07, 6.45) is 5.33. The van der Waals surface area contributed by atoms with E-state index in [1.807, 2.05) is 29.0 Å². The number of halogens is 2. The highest BCUT2D eigenvalue weighted by Crippen LogP contribution is 2.32. The van der Waals surface area contributed by atoms with E-state index in [-0.39, 0.29) is 12.3 Å². The molecule has 9 heteroatoms. The van der Waals surface area contributed by atoms with Crippen molar-refractivity contribution in [2.45, 2.75) is 6.42 Å². The Hall–Kier alpha value is -2.58. The van der Waals surface area contributed by atoms with Gasteiger partial charge in [-0.05, 0) is 24.3 Å². The van der Waals surface area contributed by atoms with Crippen molar-refractivity contribution in [2.24, 2.45) is 0 Å². The maximum absolute atomic E-state index is 13.1. The first kappa shape index (κ1) is 21.6. The van der Waals surface area contributed by atoms with Gasteiger partial charge >= 0.3 is 0 Å². The predicted octanol–water partition coefficient (Wildman–Crippen LogP) is 6.40. The number of carbonyl (C=O) groups excluding carboxylic acids is 1. The Morgan fingerprint density at radius 1 is 1.10 bits per heavy atom. The second-order valence-electron chi connectivity index (χ2n) is 6.50. The molecule has 0 atom stereocenters. The van der Waals surface area contributed by atoms with Gasteiger partial charge in [-0.25, -0.2) is 9.97 Å². The molecule has 3 aromatic heterocycles. The highest BCUT2D eigenvalue weighted by atomic mass is 35.5. The Labute approximate surface area is 197 Å². The smallest absolute Gasteiger partial charge is 0.235 e. The predicted molar refractivity (Wildman–Crippen MR) is 129 cm³/mol. The molecule has 0 aliphatic rings. The zero-order valence-corrected chi connectivity index (χ0v) is 19.3. The lowest BCUT2D eigenvalue weighted by molar-refractivity contribution is -0.117. The molecule has 0 unspecified atom stereocenters. The van der Waals surface area contributed by atoms with Crippen LogP contribution in [0.15, 0.2) is 66.1 Å². The van der Waals surface area contributed by atoms with Gasteiger partial charge in [0, 0.05) is 40.8 Å². The number of anilines is 1. The van der Waals surface area contributed by atoms with E-state index in [0.717, 1.165) is 21.8 Å². The SMILES string of the molecule is C=CCN(C(=O)Cc1csc(-c2cccnc2)n1)c1nc(-c2ccc(Cl)c(Cl)c2)cs1. The van der Waals surface area contributed by atoms with Crippen molar-refractivity contribution in [1.29, 1.82) is 0 Å². The lowest BCUT2D eigenvalue weighted by Gasteiger charge is -2.17. The topological polar surface area (TPSA) is 59.0 Å². The Kier molecular flexibility index (Phi) is 6.77. The second kappa shape index (κ2) is 9.70. The van der Waals surface area contributed by atoms with Gasteiger partial charge in [0.15, 0.2) is 5.13 Å². The van der Waals surface area contributed by atoms with Crippen LogP contribution in [-0.4, -0.2) is 27.4 Å². The molecule has 4 aromatic rings. The van der Waals surface area contributed by atoms with Gasteiger partial charge in [-0.2, -0.15) is 0 Å². The van der Waals surface area contributed by atoms with Crippen LogP contribution in [0.1, 0.15) is 5.69 Å². The van der Waals surface area contributed by atoms with Gasteiger partial charge in [0.2, 0.25) is 5.91 Å². The Morgan fingerprint density at radius 3 is 2.71 bits per heavy atom. The fourth-order valence-electron chi connectivity index (χ4n) is 2.85. The Bertz CT molecular complexity index is 1220. The molecule has 156 valence electrons. The molecular weight excluding hydrogens is 471 g/mol. The average molecular weight is 487 g/mol. The monoisotopic (exact) mass is 486 g/mol. The molecule has 4 rings (SSSR count). The molecule has 0 spiro atoms. The van der Waals surface area contributed by atoms with Crippen molar-refractivity contribution in [2.75, 3.05) is 11.4 Å². The van der Waals surface area contributed by atoms with E-state index in [1.165, 1.54) is 22.7 Å². The van der Waals surface area contributed by atoms with E-state index < -0.39 is 0 Å². The van der Waals surface area contributed by atoms with Gasteiger partial charge in [-0.3, -0.25) is 14.7 Å². The van der Waals surface area contributed by atoms with Crippen molar-refractivity contribution in [3.8, 4) is 21.8 Å². The second-order valence-corrected chi connectivity index (χ2v) is 9.01. The molecule has 5 nitrogen and oxygen atoms in total. The summed E-state index contributed by atoms with van der Waals surface area (Å²) >= 11 is 15.0. The van der Waals surface area contributed by atoms with Crippen LogP contribution in [0.3, 0.4) is 0 Å². The summed E-state index contributed by atoms with van der Waals surface area (Å²) < 4.78 is 0. The third-order valence-corrected chi connectivity index (χ3v) is 6.89. The molecule has 31 heavy (non-hydrogen) atoms. The van der Waals surface area contributed by atoms with E-state index in [9.17, 15) is 4.79 Å². The van der Waals surface area contributed by atoms with Gasteiger partial charge in [-0.15, -0.1) is 29.3 Å². The van der Waals surface area contributed by atoms with Crippen molar-refractivity contribution in [3.05, 3.63) is 81.9 Å².